The molecule has 1 amide bonds. The Bertz CT molecular complexity index is 1030. The summed E-state index contributed by atoms with van der Waals surface area (Å²) in [5.74, 6) is 3.44. The Hall–Kier alpha value is -3.04. The maximum Gasteiger partial charge on any atom is 0.270 e. The van der Waals surface area contributed by atoms with Crippen molar-refractivity contribution in [3.8, 4) is 0 Å². The number of amides is 1. The lowest BCUT2D eigenvalue weighted by atomic mass is 10.0. The molecule has 0 aliphatic carbocycles. The van der Waals surface area contributed by atoms with E-state index in [1.54, 1.807) is 31.5 Å². The number of carbonyl (C=O) groups is 1. The summed E-state index contributed by atoms with van der Waals surface area (Å²) in [6.45, 7) is 7.83. The van der Waals surface area contributed by atoms with Crippen LogP contribution in [0.4, 0.5) is 0 Å². The fourth-order valence-electron chi connectivity index (χ4n) is 3.97. The van der Waals surface area contributed by atoms with Crippen LogP contribution in [0.25, 0.3) is 0 Å². The van der Waals surface area contributed by atoms with E-state index in [4.69, 9.17) is 9.15 Å². The number of hydrogen-bond acceptors (Lipinski definition) is 7. The first-order valence-corrected chi connectivity index (χ1v) is 11.0. The Balaban J connectivity index is 1.45. The van der Waals surface area contributed by atoms with E-state index < -0.39 is 0 Å². The number of pyridine rings is 1. The average Bonchev–Trinajstić information content (AvgIpc) is 3.35. The van der Waals surface area contributed by atoms with E-state index in [2.05, 4.69) is 43.8 Å². The van der Waals surface area contributed by atoms with Gasteiger partial charge in [-0.15, -0.1) is 10.2 Å². The van der Waals surface area contributed by atoms with Gasteiger partial charge in [-0.05, 0) is 30.2 Å². The van der Waals surface area contributed by atoms with Crippen molar-refractivity contribution in [3.63, 3.8) is 0 Å². The second-order valence-electron chi connectivity index (χ2n) is 8.36. The molecule has 1 aliphatic heterocycles. The highest BCUT2D eigenvalue weighted by molar-refractivity contribution is 5.92. The number of methoxy groups -OCH3 is 1. The summed E-state index contributed by atoms with van der Waals surface area (Å²) in [7, 11) is 1.66. The van der Waals surface area contributed by atoms with Crippen LogP contribution >= 0.6 is 0 Å². The highest BCUT2D eigenvalue weighted by atomic mass is 16.5. The zero-order valence-corrected chi connectivity index (χ0v) is 18.8. The highest BCUT2D eigenvalue weighted by Crippen LogP contribution is 2.23. The number of aromatic nitrogens is 4. The molecule has 1 aliphatic rings. The van der Waals surface area contributed by atoms with Crippen LogP contribution in [0, 0.1) is 5.92 Å². The second-order valence-corrected chi connectivity index (χ2v) is 8.36. The van der Waals surface area contributed by atoms with Crippen molar-refractivity contribution in [1.82, 2.24) is 30.0 Å². The second kappa shape index (κ2) is 10.1. The molecule has 0 unspecified atom stereocenters. The van der Waals surface area contributed by atoms with Crippen molar-refractivity contribution in [2.75, 3.05) is 20.2 Å². The molecule has 3 aromatic heterocycles. The van der Waals surface area contributed by atoms with E-state index in [0.29, 0.717) is 12.3 Å². The van der Waals surface area contributed by atoms with E-state index in [1.165, 1.54) is 0 Å². The van der Waals surface area contributed by atoms with E-state index in [-0.39, 0.29) is 17.9 Å². The van der Waals surface area contributed by atoms with Gasteiger partial charge in [0.25, 0.3) is 5.91 Å². The van der Waals surface area contributed by atoms with Crippen LogP contribution in [0.3, 0.4) is 0 Å². The Kier molecular flexibility index (Phi) is 6.96. The number of nitrogens with one attached hydrogen (secondary N) is 1. The van der Waals surface area contributed by atoms with Crippen LogP contribution in [-0.2, 0) is 30.9 Å². The molecule has 0 radical (unpaired) electrons. The lowest BCUT2D eigenvalue weighted by molar-refractivity contribution is 0.0916. The van der Waals surface area contributed by atoms with Crippen molar-refractivity contribution in [3.05, 3.63) is 65.4 Å². The number of fused-ring (bicyclic) bond motifs is 1. The summed E-state index contributed by atoms with van der Waals surface area (Å²) in [6, 6.07) is 9.03. The largest absolute Gasteiger partial charge is 0.462 e. The summed E-state index contributed by atoms with van der Waals surface area (Å²) in [6.07, 6.45) is 2.41. The molecule has 4 rings (SSSR count). The summed E-state index contributed by atoms with van der Waals surface area (Å²) in [5, 5.41) is 12.0. The molecular weight excluding hydrogens is 408 g/mol. The van der Waals surface area contributed by atoms with E-state index in [9.17, 15) is 4.79 Å². The predicted molar refractivity (Wildman–Crippen MR) is 118 cm³/mol. The molecule has 0 saturated heterocycles. The van der Waals surface area contributed by atoms with E-state index >= 15 is 0 Å². The third-order valence-corrected chi connectivity index (χ3v) is 5.66. The normalized spacial score (nSPS) is 15.4. The first-order chi connectivity index (χ1) is 15.5. The molecule has 0 spiro atoms. The van der Waals surface area contributed by atoms with Gasteiger partial charge >= 0.3 is 0 Å². The van der Waals surface area contributed by atoms with Crippen molar-refractivity contribution >= 4 is 5.91 Å². The van der Waals surface area contributed by atoms with Crippen molar-refractivity contribution in [1.29, 1.82) is 0 Å². The number of carbonyl (C=O) groups excluding carboxylic acids is 1. The predicted octanol–water partition coefficient (Wildman–Crippen LogP) is 2.60. The highest BCUT2D eigenvalue weighted by Gasteiger charge is 2.28. The van der Waals surface area contributed by atoms with Crippen molar-refractivity contribution < 1.29 is 13.9 Å². The van der Waals surface area contributed by atoms with Crippen LogP contribution in [0.15, 0.2) is 40.9 Å². The third-order valence-electron chi connectivity index (χ3n) is 5.66. The van der Waals surface area contributed by atoms with Gasteiger partial charge in [-0.1, -0.05) is 19.9 Å². The fraction of sp³-hybridized carbons (Fsp3) is 0.478. The smallest absolute Gasteiger partial charge is 0.270 e. The molecule has 0 bridgehead atoms. The van der Waals surface area contributed by atoms with Crippen LogP contribution in [-0.4, -0.2) is 50.8 Å². The average molecular weight is 439 g/mol. The van der Waals surface area contributed by atoms with Gasteiger partial charge in [-0.2, -0.15) is 0 Å². The monoisotopic (exact) mass is 438 g/mol. The summed E-state index contributed by atoms with van der Waals surface area (Å²) >= 11 is 0. The molecule has 9 nitrogen and oxygen atoms in total. The van der Waals surface area contributed by atoms with Gasteiger partial charge in [0.1, 0.15) is 29.6 Å². The fourth-order valence-corrected chi connectivity index (χ4v) is 3.97. The van der Waals surface area contributed by atoms with Crippen LogP contribution in [0.5, 0.6) is 0 Å². The molecule has 4 heterocycles. The molecule has 0 fully saturated rings. The zero-order valence-electron chi connectivity index (χ0n) is 18.8. The summed E-state index contributed by atoms with van der Waals surface area (Å²) in [5.41, 5.74) is 0.395. The zero-order chi connectivity index (χ0) is 22.5. The van der Waals surface area contributed by atoms with Gasteiger partial charge in [0.2, 0.25) is 0 Å². The molecule has 1 atom stereocenters. The minimum Gasteiger partial charge on any atom is -0.462 e. The third kappa shape index (κ3) is 5.05. The van der Waals surface area contributed by atoms with Crippen molar-refractivity contribution in [2.24, 2.45) is 5.92 Å². The minimum absolute atomic E-state index is 0.151. The first-order valence-electron chi connectivity index (χ1n) is 11.0. The molecule has 0 aromatic carbocycles. The van der Waals surface area contributed by atoms with Gasteiger partial charge in [0.15, 0.2) is 5.82 Å². The van der Waals surface area contributed by atoms with Crippen molar-refractivity contribution in [2.45, 2.75) is 46.0 Å². The maximum absolute atomic E-state index is 12.7. The Morgan fingerprint density at radius 2 is 2.00 bits per heavy atom. The molecule has 9 heteroatoms. The number of rotatable bonds is 8. The molecule has 1 N–H and O–H groups in total. The minimum atomic E-state index is -0.251. The Morgan fingerprint density at radius 3 is 2.75 bits per heavy atom. The molecule has 0 saturated carbocycles. The number of hydrogen-bond donors (Lipinski definition) is 1. The molecule has 170 valence electrons. The molecule has 32 heavy (non-hydrogen) atoms. The van der Waals surface area contributed by atoms with Gasteiger partial charge in [0, 0.05) is 39.4 Å². The van der Waals surface area contributed by atoms with Gasteiger partial charge in [-0.3, -0.25) is 14.7 Å². The van der Waals surface area contributed by atoms with Crippen LogP contribution < -0.4 is 5.32 Å². The summed E-state index contributed by atoms with van der Waals surface area (Å²) in [4.78, 5) is 19.2. The quantitative estimate of drug-likeness (QED) is 0.577. The first kappa shape index (κ1) is 22.2. The summed E-state index contributed by atoms with van der Waals surface area (Å²) < 4.78 is 13.1. The van der Waals surface area contributed by atoms with Crippen LogP contribution in [0.2, 0.25) is 0 Å². The SMILES string of the molecule is COCc1ccc(CN2CCc3nnc([C@@H](NC(=O)c4ccccn4)C(C)C)n3CC2)o1. The molecule has 3 aromatic rings. The lowest BCUT2D eigenvalue weighted by Gasteiger charge is -2.23. The maximum atomic E-state index is 12.7. The topological polar surface area (TPSA) is 98.3 Å². The van der Waals surface area contributed by atoms with Gasteiger partial charge in [0.05, 0.1) is 12.6 Å². The van der Waals surface area contributed by atoms with Crippen LogP contribution in [0.1, 0.15) is 53.5 Å². The standard InChI is InChI=1S/C23H30N6O3/c1-16(2)21(25-23(30)19-6-4-5-10-24-19)22-27-26-20-9-11-28(12-13-29(20)22)14-17-7-8-18(32-17)15-31-3/h4-8,10,16,21H,9,11-15H2,1-3H3,(H,25,30)/t21-/m0/s1. The Morgan fingerprint density at radius 1 is 1.16 bits per heavy atom. The number of ether oxygens (including phenoxy) is 1. The van der Waals surface area contributed by atoms with Gasteiger partial charge < -0.3 is 19.0 Å². The lowest BCUT2D eigenvalue weighted by Crippen LogP contribution is -2.34. The van der Waals surface area contributed by atoms with E-state index in [1.807, 2.05) is 12.1 Å². The molecular formula is C23H30N6O3. The van der Waals surface area contributed by atoms with Gasteiger partial charge in [-0.25, -0.2) is 0 Å². The number of nitrogens with zero attached hydrogens (tertiary/aromatic N) is 5. The number of furan rings is 1. The van der Waals surface area contributed by atoms with E-state index in [0.717, 1.165) is 55.8 Å². The Labute approximate surface area is 187 Å².